The van der Waals surface area contributed by atoms with Crippen molar-refractivity contribution in [2.75, 3.05) is 10.8 Å². The molecule has 0 aromatic heterocycles. The number of halogens is 2. The van der Waals surface area contributed by atoms with Crippen LogP contribution in [0, 0.1) is 5.82 Å². The van der Waals surface area contributed by atoms with E-state index in [-0.39, 0.29) is 29.1 Å². The first-order valence-electron chi connectivity index (χ1n) is 13.4. The van der Waals surface area contributed by atoms with Crippen LogP contribution in [0.4, 0.5) is 10.1 Å². The number of nitrogens with zero attached hydrogens (tertiary/aromatic N) is 2. The summed E-state index contributed by atoms with van der Waals surface area (Å²) >= 11 is 6.06. The summed E-state index contributed by atoms with van der Waals surface area (Å²) in [7, 11) is -4.20. The van der Waals surface area contributed by atoms with E-state index in [9.17, 15) is 22.4 Å². The molecule has 10 heteroatoms. The standard InChI is InChI=1S/C30H33ClFN3O4S/c1-2-28(30(37)33-25-8-6-7-9-25)34(20-22-12-14-23(31)15-13-22)29(36)21-35(26-18-16-24(32)17-19-26)40(38,39)27-10-4-3-5-11-27/h3-5,10-19,25,28H,2,6-9,20-21H2,1H3,(H,33,37). The Kier molecular flexibility index (Phi) is 9.81. The van der Waals surface area contributed by atoms with E-state index >= 15 is 0 Å². The van der Waals surface area contributed by atoms with Crippen LogP contribution in [-0.4, -0.2) is 43.8 Å². The van der Waals surface area contributed by atoms with Crippen LogP contribution in [0.5, 0.6) is 0 Å². The fraction of sp³-hybridized carbons (Fsp3) is 0.333. The number of nitrogens with one attached hydrogen (secondary N) is 1. The summed E-state index contributed by atoms with van der Waals surface area (Å²) in [6, 6.07) is 18.8. The van der Waals surface area contributed by atoms with Crippen molar-refractivity contribution in [2.45, 2.75) is 62.6 Å². The Hall–Kier alpha value is -3.43. The first-order valence-corrected chi connectivity index (χ1v) is 15.2. The van der Waals surface area contributed by atoms with E-state index in [0.717, 1.165) is 47.7 Å². The van der Waals surface area contributed by atoms with E-state index in [1.807, 2.05) is 6.92 Å². The Morgan fingerprint density at radius 3 is 2.20 bits per heavy atom. The van der Waals surface area contributed by atoms with Gasteiger partial charge in [-0.25, -0.2) is 12.8 Å². The highest BCUT2D eigenvalue weighted by molar-refractivity contribution is 7.92. The lowest BCUT2D eigenvalue weighted by molar-refractivity contribution is -0.140. The van der Waals surface area contributed by atoms with Crippen LogP contribution in [0.1, 0.15) is 44.6 Å². The SMILES string of the molecule is CCC(C(=O)NC1CCCC1)N(Cc1ccc(Cl)cc1)C(=O)CN(c1ccc(F)cc1)S(=O)(=O)c1ccccc1. The molecule has 0 bridgehead atoms. The third-order valence-corrected chi connectivity index (χ3v) is 9.12. The molecule has 1 N–H and O–H groups in total. The van der Waals surface area contributed by atoms with Crippen molar-refractivity contribution < 1.29 is 22.4 Å². The molecule has 0 aliphatic heterocycles. The first-order chi connectivity index (χ1) is 19.2. The van der Waals surface area contributed by atoms with Gasteiger partial charge in [0.2, 0.25) is 11.8 Å². The summed E-state index contributed by atoms with van der Waals surface area (Å²) in [5, 5.41) is 3.61. The molecule has 212 valence electrons. The smallest absolute Gasteiger partial charge is 0.264 e. The third kappa shape index (κ3) is 7.20. The zero-order valence-electron chi connectivity index (χ0n) is 22.3. The summed E-state index contributed by atoms with van der Waals surface area (Å²) in [5.41, 5.74) is 0.873. The van der Waals surface area contributed by atoms with E-state index in [4.69, 9.17) is 11.6 Å². The second-order valence-corrected chi connectivity index (χ2v) is 12.2. The lowest BCUT2D eigenvalue weighted by Crippen LogP contribution is -2.53. The number of rotatable bonds is 11. The number of carbonyl (C=O) groups excluding carboxylic acids is 2. The molecule has 0 saturated heterocycles. The van der Waals surface area contributed by atoms with E-state index in [2.05, 4.69) is 5.32 Å². The van der Waals surface area contributed by atoms with Gasteiger partial charge in [-0.1, -0.05) is 61.7 Å². The van der Waals surface area contributed by atoms with Crippen molar-refractivity contribution in [1.29, 1.82) is 0 Å². The number of carbonyl (C=O) groups is 2. The number of benzene rings is 3. The molecule has 3 aromatic carbocycles. The summed E-state index contributed by atoms with van der Waals surface area (Å²) in [6.45, 7) is 1.32. The minimum absolute atomic E-state index is 0.0117. The van der Waals surface area contributed by atoms with E-state index in [1.54, 1.807) is 42.5 Å². The molecule has 40 heavy (non-hydrogen) atoms. The Balaban J connectivity index is 1.69. The molecule has 1 aliphatic carbocycles. The van der Waals surface area contributed by atoms with Crippen LogP contribution in [0.3, 0.4) is 0 Å². The van der Waals surface area contributed by atoms with E-state index in [0.29, 0.717) is 11.4 Å². The predicted molar refractivity (Wildman–Crippen MR) is 154 cm³/mol. The molecule has 1 unspecified atom stereocenters. The number of amides is 2. The van der Waals surface area contributed by atoms with Gasteiger partial charge in [-0.3, -0.25) is 13.9 Å². The fourth-order valence-electron chi connectivity index (χ4n) is 4.93. The van der Waals surface area contributed by atoms with Gasteiger partial charge in [0.1, 0.15) is 18.4 Å². The molecule has 0 radical (unpaired) electrons. The molecule has 1 fully saturated rings. The second-order valence-electron chi connectivity index (χ2n) is 9.86. The van der Waals surface area contributed by atoms with Crippen molar-refractivity contribution >= 4 is 39.1 Å². The van der Waals surface area contributed by atoms with Gasteiger partial charge >= 0.3 is 0 Å². The van der Waals surface area contributed by atoms with E-state index in [1.165, 1.54) is 29.2 Å². The molecule has 0 spiro atoms. The van der Waals surface area contributed by atoms with Crippen molar-refractivity contribution in [2.24, 2.45) is 0 Å². The number of hydrogen-bond donors (Lipinski definition) is 1. The Morgan fingerprint density at radius 2 is 1.60 bits per heavy atom. The van der Waals surface area contributed by atoms with Crippen LogP contribution >= 0.6 is 11.6 Å². The van der Waals surface area contributed by atoms with Gasteiger partial charge in [-0.05, 0) is 73.4 Å². The van der Waals surface area contributed by atoms with Crippen molar-refractivity contribution in [3.8, 4) is 0 Å². The lowest BCUT2D eigenvalue weighted by Gasteiger charge is -2.33. The minimum Gasteiger partial charge on any atom is -0.352 e. The quantitative estimate of drug-likeness (QED) is 0.320. The zero-order chi connectivity index (χ0) is 28.7. The molecule has 4 rings (SSSR count). The lowest BCUT2D eigenvalue weighted by atomic mass is 10.1. The molecule has 3 aromatic rings. The predicted octanol–water partition coefficient (Wildman–Crippen LogP) is 5.54. The molecule has 1 atom stereocenters. The van der Waals surface area contributed by atoms with Gasteiger partial charge in [-0.2, -0.15) is 0 Å². The fourth-order valence-corrected chi connectivity index (χ4v) is 6.49. The van der Waals surface area contributed by atoms with Crippen LogP contribution in [-0.2, 0) is 26.2 Å². The molecule has 1 saturated carbocycles. The van der Waals surface area contributed by atoms with Crippen LogP contribution in [0.25, 0.3) is 0 Å². The number of sulfonamides is 1. The topological polar surface area (TPSA) is 86.8 Å². The maximum absolute atomic E-state index is 14.0. The molecule has 7 nitrogen and oxygen atoms in total. The molecular formula is C30H33ClFN3O4S. The maximum Gasteiger partial charge on any atom is 0.264 e. The molecule has 1 aliphatic rings. The highest BCUT2D eigenvalue weighted by atomic mass is 35.5. The van der Waals surface area contributed by atoms with Gasteiger partial charge in [0.05, 0.1) is 10.6 Å². The average molecular weight is 586 g/mol. The van der Waals surface area contributed by atoms with Crippen LogP contribution in [0.15, 0.2) is 83.8 Å². The van der Waals surface area contributed by atoms with Crippen LogP contribution < -0.4 is 9.62 Å². The van der Waals surface area contributed by atoms with Gasteiger partial charge in [0.15, 0.2) is 0 Å². The maximum atomic E-state index is 14.0. The minimum atomic E-state index is -4.20. The highest BCUT2D eigenvalue weighted by Crippen LogP contribution is 2.26. The summed E-state index contributed by atoms with van der Waals surface area (Å²) in [6.07, 6.45) is 4.19. The summed E-state index contributed by atoms with van der Waals surface area (Å²) in [4.78, 5) is 28.9. The normalized spacial score (nSPS) is 14.5. The first kappa shape index (κ1) is 29.6. The Bertz CT molecular complexity index is 1400. The largest absolute Gasteiger partial charge is 0.352 e. The van der Waals surface area contributed by atoms with Gasteiger partial charge < -0.3 is 10.2 Å². The second kappa shape index (κ2) is 13.3. The highest BCUT2D eigenvalue weighted by Gasteiger charge is 2.34. The monoisotopic (exact) mass is 585 g/mol. The van der Waals surface area contributed by atoms with Crippen molar-refractivity contribution in [3.05, 3.63) is 95.3 Å². The summed E-state index contributed by atoms with van der Waals surface area (Å²) in [5.74, 6) is -1.37. The Morgan fingerprint density at radius 1 is 0.975 bits per heavy atom. The van der Waals surface area contributed by atoms with Crippen molar-refractivity contribution in [1.82, 2.24) is 10.2 Å². The molecular weight excluding hydrogens is 553 g/mol. The van der Waals surface area contributed by atoms with Crippen molar-refractivity contribution in [3.63, 3.8) is 0 Å². The molecule has 0 heterocycles. The van der Waals surface area contributed by atoms with E-state index < -0.39 is 34.3 Å². The summed E-state index contributed by atoms with van der Waals surface area (Å²) < 4.78 is 42.2. The van der Waals surface area contributed by atoms with Gasteiger partial charge in [0, 0.05) is 17.6 Å². The van der Waals surface area contributed by atoms with Gasteiger partial charge in [-0.15, -0.1) is 0 Å². The number of hydrogen-bond acceptors (Lipinski definition) is 4. The average Bonchev–Trinajstić information content (AvgIpc) is 3.46. The number of anilines is 1. The van der Waals surface area contributed by atoms with Crippen LogP contribution in [0.2, 0.25) is 5.02 Å². The molecule has 2 amide bonds. The third-order valence-electron chi connectivity index (χ3n) is 7.08. The van der Waals surface area contributed by atoms with Gasteiger partial charge in [0.25, 0.3) is 10.0 Å². The zero-order valence-corrected chi connectivity index (χ0v) is 23.9. The Labute approximate surface area is 240 Å².